The lowest BCUT2D eigenvalue weighted by Gasteiger charge is -2.36. The number of hydrogen-bond acceptors (Lipinski definition) is 4. The molecular weight excluding hydrogens is 464 g/mol. The molecule has 1 aliphatic carbocycles. The summed E-state index contributed by atoms with van der Waals surface area (Å²) >= 11 is 0. The lowest BCUT2D eigenvalue weighted by Crippen LogP contribution is -2.43. The maximum absolute atomic E-state index is 13.8. The minimum Gasteiger partial charge on any atom is -0.381 e. The fraction of sp³-hybridized carbons (Fsp3) is 0.519. The second kappa shape index (κ2) is 8.80. The molecule has 3 aromatic rings. The Morgan fingerprint density at radius 2 is 1.94 bits per heavy atom. The first-order valence-electron chi connectivity index (χ1n) is 12.8. The van der Waals surface area contributed by atoms with Gasteiger partial charge in [-0.15, -0.1) is 0 Å². The van der Waals surface area contributed by atoms with Crippen LogP contribution in [-0.4, -0.2) is 58.2 Å². The zero-order valence-corrected chi connectivity index (χ0v) is 20.7. The molecular formula is C27H31F2N5O2. The van der Waals surface area contributed by atoms with Crippen LogP contribution in [0.3, 0.4) is 0 Å². The number of benzene rings is 1. The Bertz CT molecular complexity index is 1320. The van der Waals surface area contributed by atoms with E-state index < -0.39 is 5.92 Å². The molecule has 36 heavy (non-hydrogen) atoms. The number of nitrogens with one attached hydrogen (secondary N) is 1. The molecule has 2 amide bonds. The quantitative estimate of drug-likeness (QED) is 0.557. The molecule has 1 saturated heterocycles. The van der Waals surface area contributed by atoms with Crippen molar-refractivity contribution >= 4 is 16.8 Å². The van der Waals surface area contributed by atoms with E-state index in [1.807, 2.05) is 13.1 Å². The van der Waals surface area contributed by atoms with Gasteiger partial charge in [0, 0.05) is 80.9 Å². The molecule has 0 unspecified atom stereocenters. The predicted molar refractivity (Wildman–Crippen MR) is 132 cm³/mol. The first-order chi connectivity index (χ1) is 17.3. The molecule has 1 saturated carbocycles. The molecule has 1 aromatic carbocycles. The summed E-state index contributed by atoms with van der Waals surface area (Å²) in [5, 5.41) is 4.79. The maximum atomic E-state index is 13.8. The molecule has 0 bridgehead atoms. The van der Waals surface area contributed by atoms with Crippen LogP contribution in [0.5, 0.6) is 0 Å². The number of rotatable bonds is 3. The van der Waals surface area contributed by atoms with Crippen LogP contribution in [0.15, 0.2) is 24.4 Å². The van der Waals surface area contributed by atoms with Gasteiger partial charge in [-0.05, 0) is 36.8 Å². The molecule has 6 rings (SSSR count). The van der Waals surface area contributed by atoms with Crippen LogP contribution in [0.4, 0.5) is 13.6 Å². The number of imidazole rings is 1. The van der Waals surface area contributed by atoms with Gasteiger partial charge in [0.25, 0.3) is 0 Å². The zero-order chi connectivity index (χ0) is 25.0. The number of carbonyl (C=O) groups excluding carboxylic acids is 1. The fourth-order valence-electron chi connectivity index (χ4n) is 5.96. The molecule has 1 N–H and O–H groups in total. The summed E-state index contributed by atoms with van der Waals surface area (Å²) in [4.78, 5) is 24.1. The number of ether oxygens (including phenoxy) is 1. The first-order valence-corrected chi connectivity index (χ1v) is 12.8. The monoisotopic (exact) mass is 495 g/mol. The van der Waals surface area contributed by atoms with Crippen molar-refractivity contribution in [2.24, 2.45) is 0 Å². The number of amides is 2. The molecule has 3 aliphatic rings. The number of halogens is 2. The lowest BCUT2D eigenvalue weighted by atomic mass is 9.80. The Hall–Kier alpha value is -3.07. The minimum atomic E-state index is -2.63. The maximum Gasteiger partial charge on any atom is 0.317 e. The van der Waals surface area contributed by atoms with E-state index in [9.17, 15) is 13.6 Å². The van der Waals surface area contributed by atoms with E-state index in [4.69, 9.17) is 14.7 Å². The van der Waals surface area contributed by atoms with Crippen LogP contribution in [0.2, 0.25) is 0 Å². The summed E-state index contributed by atoms with van der Waals surface area (Å²) in [6.07, 6.45) is 3.52. The van der Waals surface area contributed by atoms with Crippen molar-refractivity contribution in [3.63, 3.8) is 0 Å². The number of alkyl halides is 2. The standard InChI is InChI=1S/C27H31F2N5O2/c1-16-3-4-18-11-21(17-5-9-36-10-6-17)31-14-20(18)23(16)24-22-15-33(26(35)30-2)7-8-34(22)25(32-24)19-12-27(28,29)13-19/h3-4,11,14,17,19H,5-10,12-13,15H2,1-2H3,(H,30,35). The molecule has 2 aromatic heterocycles. The highest BCUT2D eigenvalue weighted by atomic mass is 19.3. The summed E-state index contributed by atoms with van der Waals surface area (Å²) < 4.78 is 35.2. The predicted octanol–water partition coefficient (Wildman–Crippen LogP) is 4.97. The Labute approximate surface area is 208 Å². The Balaban J connectivity index is 1.47. The van der Waals surface area contributed by atoms with Crippen molar-refractivity contribution in [1.82, 2.24) is 24.8 Å². The molecule has 0 spiro atoms. The van der Waals surface area contributed by atoms with E-state index in [0.717, 1.165) is 65.0 Å². The largest absolute Gasteiger partial charge is 0.381 e. The lowest BCUT2D eigenvalue weighted by molar-refractivity contribution is -0.0892. The van der Waals surface area contributed by atoms with Gasteiger partial charge in [-0.1, -0.05) is 12.1 Å². The van der Waals surface area contributed by atoms with E-state index >= 15 is 0 Å². The summed E-state index contributed by atoms with van der Waals surface area (Å²) in [7, 11) is 1.62. The molecule has 7 nitrogen and oxygen atoms in total. The van der Waals surface area contributed by atoms with Crippen LogP contribution < -0.4 is 5.32 Å². The number of carbonyl (C=O) groups is 1. The van der Waals surface area contributed by atoms with E-state index in [0.29, 0.717) is 31.4 Å². The van der Waals surface area contributed by atoms with E-state index in [1.165, 1.54) is 0 Å². The number of aryl methyl sites for hydroxylation is 1. The van der Waals surface area contributed by atoms with Crippen molar-refractivity contribution in [1.29, 1.82) is 0 Å². The van der Waals surface area contributed by atoms with Gasteiger partial charge in [-0.3, -0.25) is 4.98 Å². The van der Waals surface area contributed by atoms with Crippen LogP contribution in [-0.2, 0) is 17.8 Å². The van der Waals surface area contributed by atoms with Crippen LogP contribution in [0, 0.1) is 6.92 Å². The number of urea groups is 1. The van der Waals surface area contributed by atoms with Gasteiger partial charge < -0.3 is 19.5 Å². The summed E-state index contributed by atoms with van der Waals surface area (Å²) in [6.45, 7) is 5.01. The molecule has 190 valence electrons. The average molecular weight is 496 g/mol. The fourth-order valence-corrected chi connectivity index (χ4v) is 5.96. The Morgan fingerprint density at radius 1 is 1.17 bits per heavy atom. The third kappa shape index (κ3) is 3.93. The molecule has 2 fully saturated rings. The van der Waals surface area contributed by atoms with Gasteiger partial charge in [0.05, 0.1) is 17.9 Å². The van der Waals surface area contributed by atoms with Crippen molar-refractivity contribution in [3.05, 3.63) is 47.2 Å². The Morgan fingerprint density at radius 3 is 2.67 bits per heavy atom. The normalized spacial score (nSPS) is 20.3. The second-order valence-corrected chi connectivity index (χ2v) is 10.3. The number of pyridine rings is 1. The van der Waals surface area contributed by atoms with Crippen LogP contribution >= 0.6 is 0 Å². The number of fused-ring (bicyclic) bond motifs is 2. The SMILES string of the molecule is CNC(=O)N1CCn2c(C3CC(F)(F)C3)nc(-c3c(C)ccc4cc(C5CCOCC5)ncc34)c2C1. The second-order valence-electron chi connectivity index (χ2n) is 10.3. The van der Waals surface area contributed by atoms with Crippen LogP contribution in [0.25, 0.3) is 22.0 Å². The number of hydrogen-bond donors (Lipinski definition) is 1. The summed E-state index contributed by atoms with van der Waals surface area (Å²) in [6, 6.07) is 6.22. The topological polar surface area (TPSA) is 72.3 Å². The van der Waals surface area contributed by atoms with Gasteiger partial charge in [-0.2, -0.15) is 0 Å². The number of nitrogens with zero attached hydrogens (tertiary/aromatic N) is 4. The van der Waals surface area contributed by atoms with Gasteiger partial charge in [0.2, 0.25) is 5.92 Å². The highest BCUT2D eigenvalue weighted by Gasteiger charge is 2.48. The van der Waals surface area contributed by atoms with Crippen molar-refractivity contribution < 1.29 is 18.3 Å². The molecule has 0 radical (unpaired) electrons. The molecule has 2 aliphatic heterocycles. The third-order valence-electron chi connectivity index (χ3n) is 8.00. The highest BCUT2D eigenvalue weighted by Crippen LogP contribution is 2.49. The van der Waals surface area contributed by atoms with Gasteiger partial charge in [0.15, 0.2) is 0 Å². The summed E-state index contributed by atoms with van der Waals surface area (Å²) in [5.41, 5.74) is 4.78. The van der Waals surface area contributed by atoms with Crippen molar-refractivity contribution in [3.8, 4) is 11.3 Å². The smallest absolute Gasteiger partial charge is 0.317 e. The van der Waals surface area contributed by atoms with E-state index in [1.54, 1.807) is 11.9 Å². The molecule has 4 heterocycles. The number of aromatic nitrogens is 3. The Kier molecular flexibility index (Phi) is 5.70. The van der Waals surface area contributed by atoms with Gasteiger partial charge >= 0.3 is 6.03 Å². The third-order valence-corrected chi connectivity index (χ3v) is 8.00. The van der Waals surface area contributed by atoms with E-state index in [-0.39, 0.29) is 24.8 Å². The van der Waals surface area contributed by atoms with Gasteiger partial charge in [-0.25, -0.2) is 18.6 Å². The first kappa shape index (κ1) is 23.3. The summed E-state index contributed by atoms with van der Waals surface area (Å²) in [5.74, 6) is -1.79. The van der Waals surface area contributed by atoms with Crippen LogP contribution in [0.1, 0.15) is 60.3 Å². The highest BCUT2D eigenvalue weighted by molar-refractivity contribution is 5.97. The van der Waals surface area contributed by atoms with Crippen molar-refractivity contribution in [2.75, 3.05) is 26.8 Å². The zero-order valence-electron chi connectivity index (χ0n) is 20.7. The molecule has 9 heteroatoms. The van der Waals surface area contributed by atoms with Gasteiger partial charge in [0.1, 0.15) is 5.82 Å². The van der Waals surface area contributed by atoms with E-state index in [2.05, 4.69) is 28.1 Å². The van der Waals surface area contributed by atoms with Crippen molar-refractivity contribution in [2.45, 2.75) is 63.5 Å². The average Bonchev–Trinajstić information content (AvgIpc) is 3.25. The minimum absolute atomic E-state index is 0.150. The molecule has 0 atom stereocenters.